The maximum absolute atomic E-state index is 13.0. The first-order valence-corrected chi connectivity index (χ1v) is 10.9. The number of nitrogens with one attached hydrogen (secondary N) is 3. The molecule has 3 aromatic rings. The summed E-state index contributed by atoms with van der Waals surface area (Å²) in [5.41, 5.74) is 1.35. The van der Waals surface area contributed by atoms with Crippen molar-refractivity contribution in [2.75, 3.05) is 26.2 Å². The summed E-state index contributed by atoms with van der Waals surface area (Å²) >= 11 is 11.4. The van der Waals surface area contributed by atoms with Gasteiger partial charge in [0.15, 0.2) is 4.77 Å². The van der Waals surface area contributed by atoms with E-state index in [0.717, 1.165) is 26.1 Å². The number of fused-ring (bicyclic) bond motifs is 1. The van der Waals surface area contributed by atoms with E-state index < -0.39 is 0 Å². The van der Waals surface area contributed by atoms with Gasteiger partial charge in [-0.05, 0) is 62.5 Å². The van der Waals surface area contributed by atoms with Crippen LogP contribution in [-0.4, -0.2) is 41.6 Å². The summed E-state index contributed by atoms with van der Waals surface area (Å²) in [4.78, 5) is 30.1. The molecule has 0 fully saturated rings. The SMILES string of the molecule is CC[NH+](CC)CCCNC(=O)c1cccc(-n2c(=S)[nH]c3cc(Cl)ccc3c2=O)c1. The molecule has 3 rings (SSSR count). The standard InChI is InChI=1S/C22H25ClN4O2S/c1-3-26(4-2)12-6-11-24-20(28)15-7-5-8-17(13-15)27-21(29)18-10-9-16(23)14-19(18)25-22(27)30/h5,7-10,13-14H,3-4,6,11-12H2,1-2H3,(H,24,28)(H,25,30)/p+1. The fourth-order valence-corrected chi connectivity index (χ4v) is 3.93. The Kier molecular flexibility index (Phi) is 7.42. The molecule has 0 bridgehead atoms. The van der Waals surface area contributed by atoms with Gasteiger partial charge in [0.2, 0.25) is 0 Å². The molecule has 2 aromatic carbocycles. The van der Waals surface area contributed by atoms with E-state index >= 15 is 0 Å². The number of carbonyl (C=O) groups excluding carboxylic acids is 1. The number of amides is 1. The first-order chi connectivity index (χ1) is 14.4. The van der Waals surface area contributed by atoms with Gasteiger partial charge in [-0.15, -0.1) is 0 Å². The van der Waals surface area contributed by atoms with E-state index in [-0.39, 0.29) is 16.2 Å². The Bertz CT molecular complexity index is 1170. The molecule has 0 saturated heterocycles. The van der Waals surface area contributed by atoms with Gasteiger partial charge in [0.25, 0.3) is 11.5 Å². The molecule has 0 aliphatic rings. The Balaban J connectivity index is 1.82. The fourth-order valence-electron chi connectivity index (χ4n) is 3.46. The maximum atomic E-state index is 13.0. The number of aromatic nitrogens is 2. The van der Waals surface area contributed by atoms with Gasteiger partial charge >= 0.3 is 0 Å². The van der Waals surface area contributed by atoms with E-state index in [9.17, 15) is 9.59 Å². The van der Waals surface area contributed by atoms with E-state index in [2.05, 4.69) is 24.1 Å². The molecular weight excluding hydrogens is 420 g/mol. The lowest BCUT2D eigenvalue weighted by atomic mass is 10.1. The van der Waals surface area contributed by atoms with Crippen LogP contribution < -0.4 is 15.8 Å². The van der Waals surface area contributed by atoms with Crippen molar-refractivity contribution in [1.29, 1.82) is 0 Å². The second-order valence-corrected chi connectivity index (χ2v) is 7.95. The quantitative estimate of drug-likeness (QED) is 0.369. The Morgan fingerprint density at radius 1 is 1.20 bits per heavy atom. The van der Waals surface area contributed by atoms with Gasteiger partial charge < -0.3 is 15.2 Å². The van der Waals surface area contributed by atoms with Crippen molar-refractivity contribution in [1.82, 2.24) is 14.9 Å². The molecule has 1 amide bonds. The molecule has 1 aromatic heterocycles. The lowest BCUT2D eigenvalue weighted by Gasteiger charge is -2.15. The molecule has 0 aliphatic carbocycles. The largest absolute Gasteiger partial charge is 0.352 e. The lowest BCUT2D eigenvalue weighted by molar-refractivity contribution is -0.896. The van der Waals surface area contributed by atoms with Crippen LogP contribution in [0.15, 0.2) is 47.3 Å². The molecule has 3 N–H and O–H groups in total. The average Bonchev–Trinajstić information content (AvgIpc) is 2.73. The van der Waals surface area contributed by atoms with Gasteiger partial charge in [0.1, 0.15) is 0 Å². The number of hydrogen-bond donors (Lipinski definition) is 3. The van der Waals surface area contributed by atoms with Crippen LogP contribution in [0.1, 0.15) is 30.6 Å². The molecule has 0 saturated carbocycles. The van der Waals surface area contributed by atoms with Gasteiger partial charge in [-0.3, -0.25) is 14.2 Å². The number of halogens is 1. The summed E-state index contributed by atoms with van der Waals surface area (Å²) in [5.74, 6) is -0.165. The molecule has 1 heterocycles. The summed E-state index contributed by atoms with van der Waals surface area (Å²) in [6.45, 7) is 8.13. The number of rotatable bonds is 8. The minimum absolute atomic E-state index is 0.165. The normalized spacial score (nSPS) is 11.2. The van der Waals surface area contributed by atoms with Crippen molar-refractivity contribution in [3.8, 4) is 5.69 Å². The summed E-state index contributed by atoms with van der Waals surface area (Å²) in [6.07, 6.45) is 0.917. The van der Waals surface area contributed by atoms with Crippen LogP contribution in [0.3, 0.4) is 0 Å². The average molecular weight is 446 g/mol. The van der Waals surface area contributed by atoms with Crippen LogP contribution >= 0.6 is 23.8 Å². The molecule has 30 heavy (non-hydrogen) atoms. The summed E-state index contributed by atoms with van der Waals surface area (Å²) in [5, 5.41) is 3.95. The summed E-state index contributed by atoms with van der Waals surface area (Å²) in [6, 6.07) is 11.9. The van der Waals surface area contributed by atoms with Gasteiger partial charge in [-0.2, -0.15) is 0 Å². The fraction of sp³-hybridized carbons (Fsp3) is 0.318. The van der Waals surface area contributed by atoms with Crippen molar-refractivity contribution in [3.63, 3.8) is 0 Å². The number of nitrogens with zero attached hydrogens (tertiary/aromatic N) is 1. The van der Waals surface area contributed by atoms with Crippen molar-refractivity contribution in [3.05, 3.63) is 68.2 Å². The molecule has 0 spiro atoms. The number of hydrogen-bond acceptors (Lipinski definition) is 3. The van der Waals surface area contributed by atoms with Gasteiger partial charge in [-0.25, -0.2) is 0 Å². The number of quaternary nitrogens is 1. The second kappa shape index (κ2) is 10.0. The van der Waals surface area contributed by atoms with Gasteiger partial charge in [0, 0.05) is 23.6 Å². The zero-order chi connectivity index (χ0) is 21.7. The van der Waals surface area contributed by atoms with Gasteiger partial charge in [-0.1, -0.05) is 17.7 Å². The summed E-state index contributed by atoms with van der Waals surface area (Å²) < 4.78 is 1.64. The molecule has 0 atom stereocenters. The predicted octanol–water partition coefficient (Wildman–Crippen LogP) is 2.75. The molecule has 0 aliphatic heterocycles. The monoisotopic (exact) mass is 445 g/mol. The van der Waals surface area contributed by atoms with E-state index in [1.165, 1.54) is 9.47 Å². The van der Waals surface area contributed by atoms with E-state index in [1.54, 1.807) is 42.5 Å². The van der Waals surface area contributed by atoms with E-state index in [0.29, 0.717) is 33.7 Å². The maximum Gasteiger partial charge on any atom is 0.266 e. The smallest absolute Gasteiger partial charge is 0.266 e. The summed E-state index contributed by atoms with van der Waals surface area (Å²) in [7, 11) is 0. The molecular formula is C22H26ClN4O2S+. The first-order valence-electron chi connectivity index (χ1n) is 10.1. The highest BCUT2D eigenvalue weighted by Crippen LogP contribution is 2.16. The Morgan fingerprint density at radius 2 is 1.97 bits per heavy atom. The predicted molar refractivity (Wildman–Crippen MR) is 124 cm³/mol. The molecule has 0 radical (unpaired) electrons. The van der Waals surface area contributed by atoms with E-state index in [1.807, 2.05) is 0 Å². The zero-order valence-electron chi connectivity index (χ0n) is 17.1. The molecule has 0 unspecified atom stereocenters. The Hall–Kier alpha value is -2.48. The minimum atomic E-state index is -0.259. The number of H-pyrrole nitrogens is 1. The number of aromatic amines is 1. The minimum Gasteiger partial charge on any atom is -0.352 e. The van der Waals surface area contributed by atoms with Crippen LogP contribution in [0.25, 0.3) is 16.6 Å². The third-order valence-corrected chi connectivity index (χ3v) is 5.74. The Morgan fingerprint density at radius 3 is 2.70 bits per heavy atom. The molecule has 8 heteroatoms. The first kappa shape index (κ1) is 22.2. The third kappa shape index (κ3) is 4.98. The molecule has 158 valence electrons. The van der Waals surface area contributed by atoms with Crippen LogP contribution in [0.2, 0.25) is 5.02 Å². The van der Waals surface area contributed by atoms with Gasteiger partial charge in [0.05, 0.1) is 36.2 Å². The van der Waals surface area contributed by atoms with Crippen LogP contribution in [0.5, 0.6) is 0 Å². The highest BCUT2D eigenvalue weighted by atomic mass is 35.5. The lowest BCUT2D eigenvalue weighted by Crippen LogP contribution is -3.11. The number of carbonyl (C=O) groups is 1. The van der Waals surface area contributed by atoms with Crippen molar-refractivity contribution >= 4 is 40.6 Å². The molecule has 6 nitrogen and oxygen atoms in total. The van der Waals surface area contributed by atoms with Crippen molar-refractivity contribution < 1.29 is 9.69 Å². The second-order valence-electron chi connectivity index (χ2n) is 7.13. The van der Waals surface area contributed by atoms with Crippen LogP contribution in [0, 0.1) is 4.77 Å². The zero-order valence-corrected chi connectivity index (χ0v) is 18.7. The highest BCUT2D eigenvalue weighted by Gasteiger charge is 2.11. The van der Waals surface area contributed by atoms with Crippen LogP contribution in [-0.2, 0) is 0 Å². The number of benzene rings is 2. The topological polar surface area (TPSA) is 71.3 Å². The highest BCUT2D eigenvalue weighted by molar-refractivity contribution is 7.71. The van der Waals surface area contributed by atoms with E-state index in [4.69, 9.17) is 23.8 Å². The van der Waals surface area contributed by atoms with Crippen LogP contribution in [0.4, 0.5) is 0 Å². The Labute approximate surface area is 185 Å². The third-order valence-electron chi connectivity index (χ3n) is 5.22. The van der Waals surface area contributed by atoms with Crippen molar-refractivity contribution in [2.45, 2.75) is 20.3 Å². The van der Waals surface area contributed by atoms with Crippen molar-refractivity contribution in [2.24, 2.45) is 0 Å².